The van der Waals surface area contributed by atoms with Crippen LogP contribution in [0.3, 0.4) is 0 Å². The molecule has 4 aliphatic heterocycles. The van der Waals surface area contributed by atoms with Gasteiger partial charge in [0.15, 0.2) is 29.2 Å². The molecule has 0 aromatic heterocycles. The van der Waals surface area contributed by atoms with Gasteiger partial charge in [0.1, 0.15) is 25.3 Å². The smallest absolute Gasteiger partial charge is 0.421 e. The number of hydrogen-bond donors (Lipinski definition) is 6. The molecule has 0 bridgehead atoms. The summed E-state index contributed by atoms with van der Waals surface area (Å²) in [5.41, 5.74) is 3.85. The SMILES string of the molecule is COc1cc2c(cc1OCCCCCOc1cc3c(cc1OC)C(=O)N1C=C(C)C[C@H]1[C@H](O)N3C(=O)OCc1ccc(NC(=O)[C@H](C)NC(=O)[C@@H](NC(=O)COCCOCCNS(=O)(=O)NC(=O)OCC3[C@H]4CC/C=C\CC[C@@H]34)C(C)C)cc1)N=C[C@@H]1CC(C)=CN1C2=O. The highest BCUT2D eigenvalue weighted by molar-refractivity contribution is 7.88. The molecule has 9 rings (SSSR count). The van der Waals surface area contributed by atoms with E-state index < -0.39 is 77.0 Å². The van der Waals surface area contributed by atoms with Crippen molar-refractivity contribution in [1.29, 1.82) is 0 Å². The van der Waals surface area contributed by atoms with Gasteiger partial charge in [0, 0.05) is 43.0 Å². The maximum absolute atomic E-state index is 14.2. The van der Waals surface area contributed by atoms with Crippen molar-refractivity contribution in [2.24, 2.45) is 28.7 Å². The highest BCUT2D eigenvalue weighted by atomic mass is 32.2. The number of benzene rings is 3. The van der Waals surface area contributed by atoms with Gasteiger partial charge in [-0.2, -0.15) is 13.1 Å². The Morgan fingerprint density at radius 1 is 0.723 bits per heavy atom. The Kier molecular flexibility index (Phi) is 23.8. The molecule has 6 aliphatic rings. The molecule has 1 fully saturated rings. The maximum Gasteiger partial charge on any atom is 0.421 e. The van der Waals surface area contributed by atoms with E-state index in [0.29, 0.717) is 78.1 Å². The summed E-state index contributed by atoms with van der Waals surface area (Å²) < 4.78 is 74.1. The van der Waals surface area contributed by atoms with Crippen LogP contribution in [0, 0.1) is 23.7 Å². The summed E-state index contributed by atoms with van der Waals surface area (Å²) in [7, 11) is -1.23. The molecule has 1 saturated carbocycles. The maximum atomic E-state index is 14.2. The molecule has 4 heterocycles. The van der Waals surface area contributed by atoms with Gasteiger partial charge in [0.2, 0.25) is 17.7 Å². The molecule has 2 aliphatic carbocycles. The number of nitrogens with zero attached hydrogens (tertiary/aromatic N) is 4. The van der Waals surface area contributed by atoms with Gasteiger partial charge in [-0.25, -0.2) is 19.2 Å². The van der Waals surface area contributed by atoms with Crippen LogP contribution in [0.2, 0.25) is 0 Å². The van der Waals surface area contributed by atoms with Gasteiger partial charge in [-0.05, 0) is 132 Å². The Hall–Kier alpha value is -8.57. The molecule has 1 unspecified atom stereocenters. The number of ether oxygens (including phenoxy) is 8. The summed E-state index contributed by atoms with van der Waals surface area (Å²) in [5, 5.41) is 19.9. The number of unbranched alkanes of at least 4 members (excludes halogenated alkanes) is 2. The number of methoxy groups -OCH3 is 2. The van der Waals surface area contributed by atoms with Gasteiger partial charge in [0.05, 0.1) is 88.4 Å². The number of rotatable bonds is 30. The lowest BCUT2D eigenvalue weighted by molar-refractivity contribution is -0.133. The molecule has 7 amide bonds. The van der Waals surface area contributed by atoms with Crippen molar-refractivity contribution in [3.05, 3.63) is 101 Å². The minimum Gasteiger partial charge on any atom is -0.493 e. The fourth-order valence-electron chi connectivity index (χ4n) is 12.1. The molecule has 508 valence electrons. The topological polar surface area (TPSA) is 330 Å². The van der Waals surface area contributed by atoms with Crippen molar-refractivity contribution < 1.29 is 85.0 Å². The number of hydrogen-bond acceptors (Lipinski definition) is 19. The third-order valence-electron chi connectivity index (χ3n) is 17.1. The predicted molar refractivity (Wildman–Crippen MR) is 345 cm³/mol. The molecule has 0 saturated heterocycles. The molecule has 3 aromatic rings. The summed E-state index contributed by atoms with van der Waals surface area (Å²) in [6.45, 7) is 8.55. The van der Waals surface area contributed by atoms with Crippen molar-refractivity contribution in [1.82, 2.24) is 29.9 Å². The summed E-state index contributed by atoms with van der Waals surface area (Å²) in [6, 6.07) is 9.69. The summed E-state index contributed by atoms with van der Waals surface area (Å²) in [6.07, 6.45) is 13.1. The number of aliphatic imine (C=N–C) groups is 1. The zero-order valence-electron chi connectivity index (χ0n) is 54.0. The van der Waals surface area contributed by atoms with E-state index in [1.807, 2.05) is 24.8 Å². The molecule has 8 atom stereocenters. The lowest BCUT2D eigenvalue weighted by Crippen LogP contribution is -2.54. The third kappa shape index (κ3) is 17.8. The van der Waals surface area contributed by atoms with Gasteiger partial charge in [-0.1, -0.05) is 49.3 Å². The Morgan fingerprint density at radius 3 is 2.04 bits per heavy atom. The molecular weight excluding hydrogens is 1240 g/mol. The number of aliphatic hydroxyl groups is 1. The lowest BCUT2D eigenvalue weighted by atomic mass is 10.0. The van der Waals surface area contributed by atoms with Gasteiger partial charge in [-0.3, -0.25) is 29.0 Å². The van der Waals surface area contributed by atoms with E-state index in [9.17, 15) is 47.1 Å². The average Bonchev–Trinajstić information content (AvgIpc) is 1.57. The predicted octanol–water partition coefficient (Wildman–Crippen LogP) is 6.93. The second-order valence-electron chi connectivity index (χ2n) is 24.4. The zero-order valence-corrected chi connectivity index (χ0v) is 54.8. The van der Waals surface area contributed by atoms with Crippen LogP contribution in [-0.2, 0) is 50.1 Å². The molecule has 0 spiro atoms. The Morgan fingerprint density at radius 2 is 1.36 bits per heavy atom. The van der Waals surface area contributed by atoms with E-state index >= 15 is 0 Å². The Labute approximate surface area is 547 Å². The fourth-order valence-corrected chi connectivity index (χ4v) is 12.8. The van der Waals surface area contributed by atoms with Crippen LogP contribution in [0.5, 0.6) is 23.0 Å². The van der Waals surface area contributed by atoms with E-state index in [2.05, 4.69) is 37.8 Å². The second kappa shape index (κ2) is 32.0. The van der Waals surface area contributed by atoms with Crippen LogP contribution in [0.15, 0.2) is 89.2 Å². The highest BCUT2D eigenvalue weighted by Gasteiger charge is 2.49. The number of allylic oxidation sites excluding steroid dienone is 2. The molecule has 27 nitrogen and oxygen atoms in total. The number of nitrogens with one attached hydrogen (secondary N) is 5. The third-order valence-corrected chi connectivity index (χ3v) is 18.1. The van der Waals surface area contributed by atoms with Crippen LogP contribution in [-0.4, -0.2) is 169 Å². The van der Waals surface area contributed by atoms with E-state index in [4.69, 9.17) is 37.9 Å². The second-order valence-corrected chi connectivity index (χ2v) is 25.9. The molecule has 6 N–H and O–H groups in total. The number of aliphatic hydroxyl groups excluding tert-OH is 1. The van der Waals surface area contributed by atoms with Crippen molar-refractivity contribution >= 4 is 75.2 Å². The van der Waals surface area contributed by atoms with Crippen LogP contribution >= 0.6 is 0 Å². The average molecular weight is 1320 g/mol. The minimum absolute atomic E-state index is 0.00964. The van der Waals surface area contributed by atoms with Gasteiger partial charge >= 0.3 is 22.4 Å². The summed E-state index contributed by atoms with van der Waals surface area (Å²) in [4.78, 5) is 102. The van der Waals surface area contributed by atoms with Gasteiger partial charge in [-0.15, -0.1) is 0 Å². The van der Waals surface area contributed by atoms with Crippen molar-refractivity contribution in [3.63, 3.8) is 0 Å². The van der Waals surface area contributed by atoms with Crippen molar-refractivity contribution in [2.45, 2.75) is 129 Å². The quantitative estimate of drug-likeness (QED) is 0.0291. The zero-order chi connectivity index (χ0) is 67.2. The number of amides is 7. The van der Waals surface area contributed by atoms with Crippen LogP contribution < -0.4 is 49.2 Å². The largest absolute Gasteiger partial charge is 0.493 e. The number of carbonyl (C=O) groups excluding carboxylic acids is 7. The lowest BCUT2D eigenvalue weighted by Gasteiger charge is -2.31. The number of carbonyl (C=O) groups is 7. The monoisotopic (exact) mass is 1320 g/mol. The van der Waals surface area contributed by atoms with Gasteiger partial charge in [0.25, 0.3) is 11.8 Å². The number of anilines is 2. The molecule has 3 aromatic carbocycles. The normalized spacial score (nSPS) is 21.2. The standard InChI is InChI=1S/C66H85N9O18S/c1-39(2)59(71-58(76)38-89-26-25-88-24-21-68-94(84,85)72-65(82)92-37-50-46-15-11-8-9-12-16-47(46)50)61(78)69-42(5)60(77)70-44-19-17-43(18-20-44)36-93-66(83)75-52-32-57(55(87-7)30-49(52)63(80)74-35-41(4)28-53(74)64(75)81)91-23-14-10-13-22-90-56-31-51-48(29-54(56)86-6)62(79)73-34-40(3)27-45(73)33-67-51/h8-9,17-20,29-35,39,42,45-47,50,53,59,64,68,81H,10-16,21-28,36-38H2,1-7H3,(H,69,78)(H,70,77)(H,71,76)(H,72,82)/b9-8-/t42-,45-,46-,47+,50?,53-,59-,64-/m0/s1. The Balaban J connectivity index is 0.693. The van der Waals surface area contributed by atoms with Crippen LogP contribution in [0.1, 0.15) is 119 Å². The van der Waals surface area contributed by atoms with E-state index in [-0.39, 0.29) is 92.7 Å². The van der Waals surface area contributed by atoms with Crippen LogP contribution in [0.25, 0.3) is 0 Å². The van der Waals surface area contributed by atoms with Crippen molar-refractivity contribution in [2.75, 3.05) is 77.2 Å². The van der Waals surface area contributed by atoms with Crippen LogP contribution in [0.4, 0.5) is 26.7 Å². The number of fused-ring (bicyclic) bond motifs is 5. The van der Waals surface area contributed by atoms with Gasteiger partial charge < -0.3 is 68.8 Å². The highest BCUT2D eigenvalue weighted by Crippen LogP contribution is 2.53. The first-order valence-corrected chi connectivity index (χ1v) is 33.2. The van der Waals surface area contributed by atoms with E-state index in [1.54, 1.807) is 67.6 Å². The molecule has 0 radical (unpaired) electrons. The first-order valence-electron chi connectivity index (χ1n) is 31.8. The first kappa shape index (κ1) is 69.8. The van der Waals surface area contributed by atoms with E-state index in [0.717, 1.165) is 48.2 Å². The molecule has 28 heteroatoms. The molecule has 94 heavy (non-hydrogen) atoms. The minimum atomic E-state index is -4.18. The van der Waals surface area contributed by atoms with E-state index in [1.165, 1.54) is 38.2 Å². The summed E-state index contributed by atoms with van der Waals surface area (Å²) >= 11 is 0. The molecular formula is C66H85N9O18S. The van der Waals surface area contributed by atoms with Crippen molar-refractivity contribution in [3.8, 4) is 23.0 Å². The Bertz CT molecular complexity index is 3510. The fraction of sp³-hybridized carbons (Fsp3) is 0.515. The first-order chi connectivity index (χ1) is 45.1. The summed E-state index contributed by atoms with van der Waals surface area (Å²) in [5.74, 6) is -0.210.